The van der Waals surface area contributed by atoms with Crippen LogP contribution in [0.5, 0.6) is 5.75 Å². The maximum Gasteiger partial charge on any atom is 0.271 e. The van der Waals surface area contributed by atoms with Crippen LogP contribution in [0.3, 0.4) is 0 Å². The summed E-state index contributed by atoms with van der Waals surface area (Å²) < 4.78 is 5.32. The number of carbonyl (C=O) groups excluding carboxylic acids is 3. The fraction of sp³-hybridized carbons (Fsp3) is 0.526. The minimum absolute atomic E-state index is 0.0336. The molecule has 162 valence electrons. The molecule has 3 amide bonds. The monoisotopic (exact) mass is 419 g/mol. The van der Waals surface area contributed by atoms with Crippen LogP contribution in [-0.4, -0.2) is 84.9 Å². The van der Waals surface area contributed by atoms with E-state index in [4.69, 9.17) is 4.74 Å². The summed E-state index contributed by atoms with van der Waals surface area (Å²) in [5.41, 5.74) is 0.0412. The second kappa shape index (κ2) is 9.53. The van der Waals surface area contributed by atoms with Gasteiger partial charge in [-0.15, -0.1) is 0 Å². The highest BCUT2D eigenvalue weighted by atomic mass is 16.6. The highest BCUT2D eigenvalue weighted by molar-refractivity contribution is 6.02. The van der Waals surface area contributed by atoms with E-state index in [2.05, 4.69) is 5.32 Å². The number of non-ortho nitro benzene ring substituents is 1. The summed E-state index contributed by atoms with van der Waals surface area (Å²) in [4.78, 5) is 52.3. The molecule has 0 atom stereocenters. The Morgan fingerprint density at radius 2 is 1.93 bits per heavy atom. The minimum atomic E-state index is -0.560. The Balaban J connectivity index is 1.59. The minimum Gasteiger partial charge on any atom is -0.482 e. The van der Waals surface area contributed by atoms with E-state index >= 15 is 0 Å². The Morgan fingerprint density at radius 1 is 1.20 bits per heavy atom. The lowest BCUT2D eigenvalue weighted by Gasteiger charge is -2.36. The first-order chi connectivity index (χ1) is 14.4. The largest absolute Gasteiger partial charge is 0.482 e. The maximum absolute atomic E-state index is 12.8. The number of nitro groups is 1. The van der Waals surface area contributed by atoms with Gasteiger partial charge in [0.05, 0.1) is 17.2 Å². The fourth-order valence-corrected chi connectivity index (χ4v) is 3.39. The van der Waals surface area contributed by atoms with Crippen molar-refractivity contribution >= 4 is 29.1 Å². The average Bonchev–Trinajstić information content (AvgIpc) is 2.74. The number of nitrogens with zero attached hydrogens (tertiary/aromatic N) is 4. The van der Waals surface area contributed by atoms with Crippen molar-refractivity contribution in [3.05, 3.63) is 28.3 Å². The van der Waals surface area contributed by atoms with Crippen LogP contribution >= 0.6 is 0 Å². The van der Waals surface area contributed by atoms with Crippen LogP contribution in [0.2, 0.25) is 0 Å². The summed E-state index contributed by atoms with van der Waals surface area (Å²) in [6.45, 7) is 4.49. The molecule has 11 heteroatoms. The average molecular weight is 419 g/mol. The number of hydrogen-bond acceptors (Lipinski definition) is 7. The Hall–Kier alpha value is -3.21. The third-order valence-corrected chi connectivity index (χ3v) is 5.05. The van der Waals surface area contributed by atoms with Crippen LogP contribution in [0, 0.1) is 10.1 Å². The quantitative estimate of drug-likeness (QED) is 0.487. The number of nitro benzene ring substituents is 1. The highest BCUT2D eigenvalue weighted by Crippen LogP contribution is 2.35. The van der Waals surface area contributed by atoms with Crippen molar-refractivity contribution in [3.63, 3.8) is 0 Å². The van der Waals surface area contributed by atoms with Crippen LogP contribution in [0.1, 0.15) is 13.3 Å². The predicted octanol–water partition coefficient (Wildman–Crippen LogP) is -0.00940. The van der Waals surface area contributed by atoms with Crippen LogP contribution in [0.25, 0.3) is 0 Å². The van der Waals surface area contributed by atoms with Crippen molar-refractivity contribution < 1.29 is 24.0 Å². The van der Waals surface area contributed by atoms with E-state index in [-0.39, 0.29) is 36.3 Å². The van der Waals surface area contributed by atoms with E-state index in [9.17, 15) is 24.5 Å². The molecule has 3 rings (SSSR count). The van der Waals surface area contributed by atoms with E-state index in [1.807, 2.05) is 11.8 Å². The molecule has 0 bridgehead atoms. The van der Waals surface area contributed by atoms with Gasteiger partial charge in [-0.3, -0.25) is 34.3 Å². The molecule has 2 heterocycles. The molecule has 11 nitrogen and oxygen atoms in total. The lowest BCUT2D eigenvalue weighted by atomic mass is 10.2. The molecule has 1 aromatic rings. The summed E-state index contributed by atoms with van der Waals surface area (Å²) in [5, 5.41) is 13.9. The molecular formula is C19H25N5O6. The van der Waals surface area contributed by atoms with Gasteiger partial charge in [0.1, 0.15) is 12.3 Å². The van der Waals surface area contributed by atoms with Crippen molar-refractivity contribution in [2.24, 2.45) is 0 Å². The summed E-state index contributed by atoms with van der Waals surface area (Å²) in [6.07, 6.45) is 0.876. The van der Waals surface area contributed by atoms with Gasteiger partial charge in [-0.2, -0.15) is 0 Å². The van der Waals surface area contributed by atoms with Gasteiger partial charge >= 0.3 is 0 Å². The molecule has 0 aliphatic carbocycles. The zero-order valence-electron chi connectivity index (χ0n) is 16.8. The third kappa shape index (κ3) is 5.03. The molecule has 2 aliphatic heterocycles. The number of anilines is 1. The van der Waals surface area contributed by atoms with Gasteiger partial charge in [-0.25, -0.2) is 0 Å². The van der Waals surface area contributed by atoms with Gasteiger partial charge in [-0.05, 0) is 12.5 Å². The van der Waals surface area contributed by atoms with Gasteiger partial charge in [0.2, 0.25) is 11.8 Å². The smallest absolute Gasteiger partial charge is 0.271 e. The zero-order valence-corrected chi connectivity index (χ0v) is 16.8. The van der Waals surface area contributed by atoms with Crippen LogP contribution in [-0.2, 0) is 14.4 Å². The standard InChI is InChI=1S/C19H25N5O6/c1-2-5-20-17(25)11-21-6-8-22(9-7-21)18(26)12-23-15-10-14(24(28)29)3-4-16(15)30-13-19(23)27/h3-4,10H,2,5-9,11-13H2,1H3,(H,20,25). The number of carbonyl (C=O) groups is 3. The topological polar surface area (TPSA) is 125 Å². The number of hydrogen-bond donors (Lipinski definition) is 1. The summed E-state index contributed by atoms with van der Waals surface area (Å²) in [5.74, 6) is -0.384. The maximum atomic E-state index is 12.8. The van der Waals surface area contributed by atoms with Crippen LogP contribution in [0.15, 0.2) is 18.2 Å². The van der Waals surface area contributed by atoms with Crippen LogP contribution < -0.4 is 15.0 Å². The fourth-order valence-electron chi connectivity index (χ4n) is 3.39. The summed E-state index contributed by atoms with van der Waals surface area (Å²) in [7, 11) is 0. The molecule has 0 radical (unpaired) electrons. The molecule has 1 saturated heterocycles. The SMILES string of the molecule is CCCNC(=O)CN1CCN(C(=O)CN2C(=O)COc3ccc([N+](=O)[O-])cc32)CC1. The summed E-state index contributed by atoms with van der Waals surface area (Å²) >= 11 is 0. The Morgan fingerprint density at radius 3 is 2.60 bits per heavy atom. The second-order valence-electron chi connectivity index (χ2n) is 7.18. The molecule has 0 saturated carbocycles. The molecule has 1 N–H and O–H groups in total. The van der Waals surface area contributed by atoms with Gasteiger partial charge in [0.25, 0.3) is 11.6 Å². The first-order valence-electron chi connectivity index (χ1n) is 9.87. The van der Waals surface area contributed by atoms with Gasteiger partial charge < -0.3 is 15.0 Å². The molecule has 0 spiro atoms. The van der Waals surface area contributed by atoms with Crippen molar-refractivity contribution in [1.82, 2.24) is 15.1 Å². The van der Waals surface area contributed by atoms with E-state index in [1.165, 1.54) is 23.1 Å². The van der Waals surface area contributed by atoms with E-state index < -0.39 is 10.8 Å². The van der Waals surface area contributed by atoms with Crippen LogP contribution in [0.4, 0.5) is 11.4 Å². The lowest BCUT2D eigenvalue weighted by molar-refractivity contribution is -0.384. The van der Waals surface area contributed by atoms with Gasteiger partial charge in [0, 0.05) is 44.9 Å². The molecule has 30 heavy (non-hydrogen) atoms. The molecule has 0 unspecified atom stereocenters. The third-order valence-electron chi connectivity index (χ3n) is 5.05. The number of amides is 3. The Bertz CT molecular complexity index is 837. The predicted molar refractivity (Wildman–Crippen MR) is 107 cm³/mol. The Kier molecular flexibility index (Phi) is 6.83. The molecule has 2 aliphatic rings. The van der Waals surface area contributed by atoms with Gasteiger partial charge in [0.15, 0.2) is 6.61 Å². The molecule has 0 aromatic heterocycles. The molecule has 1 aromatic carbocycles. The lowest BCUT2D eigenvalue weighted by Crippen LogP contribution is -2.54. The van der Waals surface area contributed by atoms with Gasteiger partial charge in [-0.1, -0.05) is 6.92 Å². The number of piperazine rings is 1. The number of nitrogens with one attached hydrogen (secondary N) is 1. The normalized spacial score (nSPS) is 16.6. The first-order valence-corrected chi connectivity index (χ1v) is 9.87. The van der Waals surface area contributed by atoms with Crippen molar-refractivity contribution in [3.8, 4) is 5.75 Å². The Labute approximate surface area is 173 Å². The number of rotatable bonds is 7. The zero-order chi connectivity index (χ0) is 21.7. The first kappa shape index (κ1) is 21.5. The second-order valence-corrected chi connectivity index (χ2v) is 7.18. The van der Waals surface area contributed by atoms with E-state index in [0.29, 0.717) is 45.0 Å². The number of ether oxygens (including phenoxy) is 1. The number of fused-ring (bicyclic) bond motifs is 1. The molecular weight excluding hydrogens is 394 g/mol. The van der Waals surface area contributed by atoms with Crippen molar-refractivity contribution in [2.45, 2.75) is 13.3 Å². The van der Waals surface area contributed by atoms with E-state index in [0.717, 1.165) is 6.42 Å². The number of benzene rings is 1. The van der Waals surface area contributed by atoms with Crippen molar-refractivity contribution in [1.29, 1.82) is 0 Å². The summed E-state index contributed by atoms with van der Waals surface area (Å²) in [6, 6.07) is 3.97. The van der Waals surface area contributed by atoms with E-state index in [1.54, 1.807) is 4.90 Å². The molecule has 1 fully saturated rings. The highest BCUT2D eigenvalue weighted by Gasteiger charge is 2.31. The van der Waals surface area contributed by atoms with Crippen molar-refractivity contribution in [2.75, 3.05) is 57.3 Å².